The highest BCUT2D eigenvalue weighted by atomic mass is 35.5. The van der Waals surface area contributed by atoms with Crippen LogP contribution >= 0.6 is 23.2 Å². The summed E-state index contributed by atoms with van der Waals surface area (Å²) in [6.07, 6.45) is 2.25. The van der Waals surface area contributed by atoms with Gasteiger partial charge in [0.05, 0.1) is 5.54 Å². The summed E-state index contributed by atoms with van der Waals surface area (Å²) in [5.41, 5.74) is 4.79. The first kappa shape index (κ1) is 19.7. The van der Waals surface area contributed by atoms with E-state index in [1.165, 1.54) is 23.1 Å². The zero-order chi connectivity index (χ0) is 19.1. The van der Waals surface area contributed by atoms with Gasteiger partial charge in [0, 0.05) is 10.0 Å². The van der Waals surface area contributed by atoms with Crippen LogP contribution in [0.4, 0.5) is 0 Å². The zero-order valence-corrected chi connectivity index (χ0v) is 18.0. The van der Waals surface area contributed by atoms with Gasteiger partial charge in [0.25, 0.3) is 0 Å². The van der Waals surface area contributed by atoms with Crippen molar-refractivity contribution in [1.29, 1.82) is 0 Å². The molecule has 1 unspecified atom stereocenters. The third-order valence-electron chi connectivity index (χ3n) is 5.87. The van der Waals surface area contributed by atoms with Crippen LogP contribution in [0.5, 0.6) is 0 Å². The summed E-state index contributed by atoms with van der Waals surface area (Å²) in [5, 5.41) is 1.56. The number of halogens is 2. The van der Waals surface area contributed by atoms with Crippen LogP contribution in [0.1, 0.15) is 74.6 Å². The van der Waals surface area contributed by atoms with E-state index in [1.54, 1.807) is 0 Å². The Labute approximate surface area is 168 Å². The Balaban J connectivity index is 2.15. The van der Waals surface area contributed by atoms with E-state index in [4.69, 9.17) is 23.2 Å². The van der Waals surface area contributed by atoms with Crippen LogP contribution < -0.4 is 0 Å². The molecule has 1 nitrogen and oxygen atoms in total. The van der Waals surface area contributed by atoms with Crippen molar-refractivity contribution >= 4 is 23.2 Å². The maximum absolute atomic E-state index is 6.67. The van der Waals surface area contributed by atoms with Crippen LogP contribution in [0, 0.1) is 0 Å². The molecule has 0 amide bonds. The predicted octanol–water partition coefficient (Wildman–Crippen LogP) is 7.21. The molecule has 1 heterocycles. The van der Waals surface area contributed by atoms with Gasteiger partial charge in [-0.3, -0.25) is 4.90 Å². The molecule has 1 aliphatic rings. The summed E-state index contributed by atoms with van der Waals surface area (Å²) in [4.78, 5) is 2.45. The zero-order valence-electron chi connectivity index (χ0n) is 16.4. The van der Waals surface area contributed by atoms with Gasteiger partial charge in [-0.1, -0.05) is 75.2 Å². The van der Waals surface area contributed by atoms with E-state index in [2.05, 4.69) is 76.0 Å². The average Bonchev–Trinajstić information content (AvgIpc) is 2.96. The molecule has 26 heavy (non-hydrogen) atoms. The van der Waals surface area contributed by atoms with Gasteiger partial charge in [0.1, 0.15) is 0 Å². The van der Waals surface area contributed by atoms with Crippen molar-refractivity contribution in [3.8, 4) is 0 Å². The first-order valence-electron chi connectivity index (χ1n) is 9.58. The normalized spacial score (nSPS) is 21.1. The van der Waals surface area contributed by atoms with E-state index in [9.17, 15) is 0 Å². The second-order valence-corrected chi connectivity index (χ2v) is 8.98. The Bertz CT molecular complexity index is 756. The first-order chi connectivity index (χ1) is 12.3. The molecule has 3 rings (SSSR count). The Morgan fingerprint density at radius 1 is 0.885 bits per heavy atom. The summed E-state index contributed by atoms with van der Waals surface area (Å²) >= 11 is 13.3. The van der Waals surface area contributed by atoms with Crippen LogP contribution in [0.25, 0.3) is 0 Å². The van der Waals surface area contributed by atoms with E-state index < -0.39 is 0 Å². The molecule has 1 fully saturated rings. The SMILES string of the molecule is CC(C)c1ccc(C2(c3cc(Cl)c(C(C)C)c(Cl)c3)CCCN2C)cc1. The topological polar surface area (TPSA) is 3.24 Å². The number of benzene rings is 2. The molecule has 1 aliphatic heterocycles. The lowest BCUT2D eigenvalue weighted by molar-refractivity contribution is 0.222. The molecule has 0 radical (unpaired) electrons. The summed E-state index contributed by atoms with van der Waals surface area (Å²) in [6.45, 7) is 9.81. The molecular weight excluding hydrogens is 361 g/mol. The molecule has 3 heteroatoms. The van der Waals surface area contributed by atoms with Gasteiger partial charge in [-0.25, -0.2) is 0 Å². The molecule has 0 N–H and O–H groups in total. The van der Waals surface area contributed by atoms with Crippen molar-refractivity contribution in [3.05, 3.63) is 68.7 Å². The lowest BCUT2D eigenvalue weighted by atomic mass is 9.79. The Morgan fingerprint density at radius 2 is 1.46 bits per heavy atom. The minimum absolute atomic E-state index is 0.154. The summed E-state index contributed by atoms with van der Waals surface area (Å²) in [7, 11) is 2.21. The molecular formula is C23H29Cl2N. The number of likely N-dealkylation sites (tertiary alicyclic amines) is 1. The summed E-state index contributed by atoms with van der Waals surface area (Å²) in [6, 6.07) is 13.4. The molecule has 0 bridgehead atoms. The highest BCUT2D eigenvalue weighted by Crippen LogP contribution is 2.46. The number of hydrogen-bond donors (Lipinski definition) is 0. The third kappa shape index (κ3) is 3.30. The standard InChI is InChI=1S/C23H29Cl2N/c1-15(2)17-7-9-18(10-8-17)23(11-6-12-26(23)5)19-13-20(24)22(16(3)4)21(25)14-19/h7-10,13-16H,6,11-12H2,1-5H3. The van der Waals surface area contributed by atoms with E-state index in [0.717, 1.165) is 28.6 Å². The maximum Gasteiger partial charge on any atom is 0.0714 e. The molecule has 2 aromatic carbocycles. The quantitative estimate of drug-likeness (QED) is 0.533. The minimum atomic E-state index is -0.154. The molecule has 1 atom stereocenters. The molecule has 2 aromatic rings. The highest BCUT2D eigenvalue weighted by Gasteiger charge is 2.42. The number of hydrogen-bond acceptors (Lipinski definition) is 1. The van der Waals surface area contributed by atoms with Gasteiger partial charge in [-0.2, -0.15) is 0 Å². The Kier molecular flexibility index (Phi) is 5.72. The van der Waals surface area contributed by atoms with Crippen molar-refractivity contribution in [2.45, 2.75) is 57.9 Å². The molecule has 140 valence electrons. The van der Waals surface area contributed by atoms with Gasteiger partial charge in [0.2, 0.25) is 0 Å². The van der Waals surface area contributed by atoms with Crippen LogP contribution in [-0.4, -0.2) is 18.5 Å². The minimum Gasteiger partial charge on any atom is -0.293 e. The average molecular weight is 390 g/mol. The van der Waals surface area contributed by atoms with Crippen LogP contribution in [0.2, 0.25) is 10.0 Å². The van der Waals surface area contributed by atoms with Crippen LogP contribution in [0.3, 0.4) is 0 Å². The van der Waals surface area contributed by atoms with Gasteiger partial charge in [-0.05, 0) is 72.7 Å². The van der Waals surface area contributed by atoms with Crippen LogP contribution in [0.15, 0.2) is 36.4 Å². The van der Waals surface area contributed by atoms with E-state index in [1.807, 2.05) is 0 Å². The van der Waals surface area contributed by atoms with E-state index in [-0.39, 0.29) is 5.54 Å². The molecule has 0 spiro atoms. The van der Waals surface area contributed by atoms with Crippen molar-refractivity contribution in [3.63, 3.8) is 0 Å². The smallest absolute Gasteiger partial charge is 0.0714 e. The Morgan fingerprint density at radius 3 is 1.88 bits per heavy atom. The van der Waals surface area contributed by atoms with Crippen molar-refractivity contribution in [1.82, 2.24) is 4.90 Å². The van der Waals surface area contributed by atoms with Gasteiger partial charge >= 0.3 is 0 Å². The first-order valence-corrected chi connectivity index (χ1v) is 10.3. The molecule has 0 aromatic heterocycles. The fourth-order valence-corrected chi connectivity index (χ4v) is 5.29. The highest BCUT2D eigenvalue weighted by molar-refractivity contribution is 6.36. The van der Waals surface area contributed by atoms with E-state index >= 15 is 0 Å². The fourth-order valence-electron chi connectivity index (χ4n) is 4.37. The number of rotatable bonds is 4. The number of nitrogens with zero attached hydrogens (tertiary/aromatic N) is 1. The van der Waals surface area contributed by atoms with E-state index in [0.29, 0.717) is 11.8 Å². The molecule has 0 aliphatic carbocycles. The third-order valence-corrected chi connectivity index (χ3v) is 6.50. The fraction of sp³-hybridized carbons (Fsp3) is 0.478. The lowest BCUT2D eigenvalue weighted by Crippen LogP contribution is -2.39. The second-order valence-electron chi connectivity index (χ2n) is 8.17. The van der Waals surface area contributed by atoms with Gasteiger partial charge in [0.15, 0.2) is 0 Å². The van der Waals surface area contributed by atoms with Gasteiger partial charge in [-0.15, -0.1) is 0 Å². The molecule has 0 saturated carbocycles. The Hall–Kier alpha value is -1.02. The monoisotopic (exact) mass is 389 g/mol. The van der Waals surface area contributed by atoms with Crippen molar-refractivity contribution in [2.75, 3.05) is 13.6 Å². The maximum atomic E-state index is 6.67. The van der Waals surface area contributed by atoms with Crippen molar-refractivity contribution in [2.24, 2.45) is 0 Å². The molecule has 1 saturated heterocycles. The largest absolute Gasteiger partial charge is 0.293 e. The van der Waals surface area contributed by atoms with Crippen LogP contribution in [-0.2, 0) is 5.54 Å². The summed E-state index contributed by atoms with van der Waals surface area (Å²) < 4.78 is 0. The predicted molar refractivity (Wildman–Crippen MR) is 114 cm³/mol. The van der Waals surface area contributed by atoms with Gasteiger partial charge < -0.3 is 0 Å². The second kappa shape index (κ2) is 7.54. The van der Waals surface area contributed by atoms with Crippen molar-refractivity contribution < 1.29 is 0 Å². The summed E-state index contributed by atoms with van der Waals surface area (Å²) in [5.74, 6) is 0.849. The lowest BCUT2D eigenvalue weighted by Gasteiger charge is -2.38.